The number of aryl methyl sites for hydroxylation is 4. The lowest BCUT2D eigenvalue weighted by Crippen LogP contribution is -2.61. The molecule has 0 unspecified atom stereocenters. The van der Waals surface area contributed by atoms with Gasteiger partial charge in [-0.05, 0) is 167 Å². The van der Waals surface area contributed by atoms with Crippen LogP contribution in [0.2, 0.25) is 0 Å². The number of allylic oxidation sites excluding steroid dienone is 1. The molecule has 0 saturated heterocycles. The van der Waals surface area contributed by atoms with E-state index in [-0.39, 0.29) is 12.1 Å². The molecule has 8 aromatic carbocycles. The second kappa shape index (κ2) is 15.6. The molecule has 10 aromatic rings. The van der Waals surface area contributed by atoms with Gasteiger partial charge >= 0.3 is 0 Å². The first-order valence-corrected chi connectivity index (χ1v) is 25.2. The van der Waals surface area contributed by atoms with E-state index in [0.717, 1.165) is 97.9 Å². The van der Waals surface area contributed by atoms with Crippen LogP contribution >= 0.6 is 0 Å². The van der Waals surface area contributed by atoms with Crippen molar-refractivity contribution in [3.63, 3.8) is 0 Å². The first-order chi connectivity index (χ1) is 34.6. The van der Waals surface area contributed by atoms with Crippen molar-refractivity contribution in [2.45, 2.75) is 66.2 Å². The molecule has 7 heteroatoms. The number of rotatable bonds is 4. The second-order valence-corrected chi connectivity index (χ2v) is 21.2. The molecule has 5 heterocycles. The molecule has 0 fully saturated rings. The maximum Gasteiger partial charge on any atom is 0.252 e. The van der Waals surface area contributed by atoms with E-state index in [1.165, 1.54) is 72.1 Å². The Labute approximate surface area is 414 Å². The molecule has 0 bridgehead atoms. The number of hydrogen-bond acceptors (Lipinski definition) is 6. The highest BCUT2D eigenvalue weighted by atomic mass is 16.5. The van der Waals surface area contributed by atoms with Gasteiger partial charge in [-0.3, -0.25) is 0 Å². The molecule has 3 aliphatic heterocycles. The van der Waals surface area contributed by atoms with Crippen LogP contribution in [0, 0.1) is 20.8 Å². The number of furan rings is 2. The van der Waals surface area contributed by atoms with Gasteiger partial charge in [0.1, 0.15) is 22.5 Å². The van der Waals surface area contributed by atoms with Crippen LogP contribution in [0.3, 0.4) is 0 Å². The van der Waals surface area contributed by atoms with Crippen molar-refractivity contribution in [2.24, 2.45) is 0 Å². The average molecular weight is 925 g/mol. The minimum absolute atomic E-state index is 0.00707. The standard InChI is InChI=1S/C64H53BN2O4/c1-37-30-53-60-54(31-37)67(61-38(2)32-44(33-39(61)3)64(4,5)6)62-50(25-27-57-63(62)69-29-11-28-68-57)65(60)51-34-41(43-19-24-49-47-13-8-10-15-56(47)71-59(49)36-43)20-26-52(51)66(53)45-21-16-40(17-22-45)42-18-23-48-46-12-7-9-14-55(46)70-58(48)35-42/h7-10,12-18,20-23,25-27,30-36H,11,19,24,28-29H2,1-6H3. The summed E-state index contributed by atoms with van der Waals surface area (Å²) in [6.45, 7) is 14.8. The van der Waals surface area contributed by atoms with Gasteiger partial charge < -0.3 is 28.1 Å². The molecule has 0 atom stereocenters. The van der Waals surface area contributed by atoms with Crippen LogP contribution in [0.25, 0.3) is 55.7 Å². The molecule has 0 amide bonds. The van der Waals surface area contributed by atoms with Crippen LogP contribution in [0.5, 0.6) is 11.5 Å². The summed E-state index contributed by atoms with van der Waals surface area (Å²) in [6.07, 6.45) is 4.97. The van der Waals surface area contributed by atoms with E-state index in [2.05, 4.69) is 191 Å². The molecule has 0 spiro atoms. The SMILES string of the molecule is Cc1cc2c3c(c1)N(c1c(C)cc(C(C)(C)C)cc1C)c1c(ccc4c1OCCCO4)B3c1cc(C3=Cc4oc5ccccc5c4CC3)ccc1N2c1ccc(-c2ccc3c(c2)oc2ccccc23)cc1. The molecule has 0 N–H and O–H groups in total. The summed E-state index contributed by atoms with van der Waals surface area (Å²) in [5, 5.41) is 3.49. The Bertz CT molecular complexity index is 3880. The van der Waals surface area contributed by atoms with Crippen molar-refractivity contribution in [1.29, 1.82) is 0 Å². The van der Waals surface area contributed by atoms with Crippen molar-refractivity contribution in [1.82, 2.24) is 0 Å². The molecular weight excluding hydrogens is 872 g/mol. The first kappa shape index (κ1) is 42.0. The Morgan fingerprint density at radius 1 is 0.535 bits per heavy atom. The van der Waals surface area contributed by atoms with Gasteiger partial charge in [0.15, 0.2) is 11.5 Å². The smallest absolute Gasteiger partial charge is 0.252 e. The molecule has 1 aliphatic carbocycles. The molecule has 0 saturated carbocycles. The predicted octanol–water partition coefficient (Wildman–Crippen LogP) is 15.0. The van der Waals surface area contributed by atoms with Gasteiger partial charge in [0.2, 0.25) is 0 Å². The largest absolute Gasteiger partial charge is 0.489 e. The fraction of sp³-hybridized carbons (Fsp3) is 0.188. The maximum absolute atomic E-state index is 6.88. The highest BCUT2D eigenvalue weighted by Gasteiger charge is 2.46. The molecule has 6 nitrogen and oxygen atoms in total. The van der Waals surface area contributed by atoms with E-state index >= 15 is 0 Å². The molecular formula is C64H53BN2O4. The Morgan fingerprint density at radius 2 is 1.23 bits per heavy atom. The van der Waals surface area contributed by atoms with E-state index in [9.17, 15) is 0 Å². The van der Waals surface area contributed by atoms with Crippen LogP contribution in [0.15, 0.2) is 154 Å². The van der Waals surface area contributed by atoms with E-state index in [0.29, 0.717) is 13.2 Å². The Morgan fingerprint density at radius 3 is 2.01 bits per heavy atom. The third-order valence-electron chi connectivity index (χ3n) is 15.6. The van der Waals surface area contributed by atoms with Gasteiger partial charge in [0, 0.05) is 50.9 Å². The fourth-order valence-corrected chi connectivity index (χ4v) is 12.2. The third-order valence-corrected chi connectivity index (χ3v) is 15.6. The third kappa shape index (κ3) is 6.48. The quantitative estimate of drug-likeness (QED) is 0.164. The Kier molecular flexibility index (Phi) is 9.21. The van der Waals surface area contributed by atoms with Crippen molar-refractivity contribution >= 4 is 102 Å². The van der Waals surface area contributed by atoms with Gasteiger partial charge in [-0.2, -0.15) is 0 Å². The molecule has 14 rings (SSSR count). The van der Waals surface area contributed by atoms with E-state index in [1.807, 2.05) is 12.1 Å². The summed E-state index contributed by atoms with van der Waals surface area (Å²) in [5.74, 6) is 2.58. The van der Waals surface area contributed by atoms with E-state index < -0.39 is 0 Å². The zero-order valence-electron chi connectivity index (χ0n) is 41.1. The summed E-state index contributed by atoms with van der Waals surface area (Å²) in [6, 6.07) is 53.6. The number of nitrogens with zero attached hydrogens (tertiary/aromatic N) is 2. The minimum Gasteiger partial charge on any atom is -0.489 e. The van der Waals surface area contributed by atoms with Crippen molar-refractivity contribution in [3.8, 4) is 22.6 Å². The van der Waals surface area contributed by atoms with Gasteiger partial charge in [0.05, 0.1) is 24.6 Å². The molecule has 71 heavy (non-hydrogen) atoms. The Hall–Kier alpha value is -7.90. The van der Waals surface area contributed by atoms with Crippen LogP contribution in [0.4, 0.5) is 34.1 Å². The fourth-order valence-electron chi connectivity index (χ4n) is 12.2. The summed E-state index contributed by atoms with van der Waals surface area (Å²) in [4.78, 5) is 5.04. The monoisotopic (exact) mass is 924 g/mol. The van der Waals surface area contributed by atoms with Crippen molar-refractivity contribution in [3.05, 3.63) is 185 Å². The van der Waals surface area contributed by atoms with Gasteiger partial charge in [-0.25, -0.2) is 0 Å². The maximum atomic E-state index is 6.88. The van der Waals surface area contributed by atoms with Crippen LogP contribution in [0.1, 0.15) is 72.8 Å². The van der Waals surface area contributed by atoms with E-state index in [1.54, 1.807) is 0 Å². The van der Waals surface area contributed by atoms with E-state index in [4.69, 9.17) is 18.3 Å². The number of hydrogen-bond donors (Lipinski definition) is 0. The summed E-state index contributed by atoms with van der Waals surface area (Å²) >= 11 is 0. The number of anilines is 6. The molecule has 346 valence electrons. The minimum atomic E-state index is -0.106. The Balaban J connectivity index is 0.994. The van der Waals surface area contributed by atoms with Gasteiger partial charge in [-0.15, -0.1) is 0 Å². The number of fused-ring (bicyclic) bond motifs is 12. The highest BCUT2D eigenvalue weighted by molar-refractivity contribution is 7.00. The van der Waals surface area contributed by atoms with Gasteiger partial charge in [-0.1, -0.05) is 106 Å². The summed E-state index contributed by atoms with van der Waals surface area (Å²) < 4.78 is 26.3. The lowest BCUT2D eigenvalue weighted by atomic mass is 9.33. The number of para-hydroxylation sites is 2. The highest BCUT2D eigenvalue weighted by Crippen LogP contribution is 2.52. The summed E-state index contributed by atoms with van der Waals surface area (Å²) in [7, 11) is 0. The van der Waals surface area contributed by atoms with Gasteiger partial charge in [0.25, 0.3) is 6.71 Å². The predicted molar refractivity (Wildman–Crippen MR) is 294 cm³/mol. The topological polar surface area (TPSA) is 51.2 Å². The number of ether oxygens (including phenoxy) is 2. The van der Waals surface area contributed by atoms with Crippen molar-refractivity contribution in [2.75, 3.05) is 23.0 Å². The lowest BCUT2D eigenvalue weighted by Gasteiger charge is -2.45. The number of benzene rings is 8. The summed E-state index contributed by atoms with van der Waals surface area (Å²) in [5.41, 5.74) is 24.3. The van der Waals surface area contributed by atoms with Crippen molar-refractivity contribution < 1.29 is 18.3 Å². The van der Waals surface area contributed by atoms with Crippen LogP contribution in [-0.4, -0.2) is 19.9 Å². The zero-order valence-corrected chi connectivity index (χ0v) is 41.1. The lowest BCUT2D eigenvalue weighted by molar-refractivity contribution is 0.297. The second-order valence-electron chi connectivity index (χ2n) is 21.2. The normalized spacial score (nSPS) is 14.8. The van der Waals surface area contributed by atoms with Crippen LogP contribution < -0.4 is 35.7 Å². The molecule has 0 radical (unpaired) electrons. The average Bonchev–Trinajstić information content (AvgIpc) is 3.83. The zero-order chi connectivity index (χ0) is 47.9. The molecule has 4 aliphatic rings. The molecule has 2 aromatic heterocycles. The first-order valence-electron chi connectivity index (χ1n) is 25.2. The van der Waals surface area contributed by atoms with Crippen LogP contribution in [-0.2, 0) is 11.8 Å².